The van der Waals surface area contributed by atoms with E-state index in [1.807, 2.05) is 35.0 Å². The number of benzene rings is 2. The van der Waals surface area contributed by atoms with Gasteiger partial charge in [0.25, 0.3) is 0 Å². The molecule has 0 aliphatic carbocycles. The summed E-state index contributed by atoms with van der Waals surface area (Å²) in [7, 11) is 1.64. The lowest BCUT2D eigenvalue weighted by molar-refractivity contribution is -0.121. The Labute approximate surface area is 162 Å². The molecule has 0 radical (unpaired) electrons. The van der Waals surface area contributed by atoms with E-state index in [9.17, 15) is 4.79 Å². The first-order valence-corrected chi connectivity index (χ1v) is 9.68. The van der Waals surface area contributed by atoms with Crippen LogP contribution in [0.3, 0.4) is 0 Å². The largest absolute Gasteiger partial charge is 0.497 e. The van der Waals surface area contributed by atoms with Crippen LogP contribution >= 0.6 is 11.3 Å². The predicted molar refractivity (Wildman–Crippen MR) is 110 cm³/mol. The van der Waals surface area contributed by atoms with Gasteiger partial charge >= 0.3 is 0 Å². The number of carbonyl (C=O) groups excluding carboxylic acids is 1. The van der Waals surface area contributed by atoms with Crippen LogP contribution in [-0.2, 0) is 17.9 Å². The number of rotatable bonds is 6. The Balaban J connectivity index is 1.42. The van der Waals surface area contributed by atoms with Crippen LogP contribution in [-0.4, -0.2) is 17.6 Å². The zero-order valence-corrected chi connectivity index (χ0v) is 15.8. The fourth-order valence-electron chi connectivity index (χ4n) is 3.10. The third kappa shape index (κ3) is 3.88. The zero-order valence-electron chi connectivity index (χ0n) is 15.0. The van der Waals surface area contributed by atoms with E-state index < -0.39 is 0 Å². The molecule has 0 spiro atoms. The van der Waals surface area contributed by atoms with E-state index in [2.05, 4.69) is 46.4 Å². The summed E-state index contributed by atoms with van der Waals surface area (Å²) in [6.45, 7) is 0.807. The SMILES string of the molecule is COc1ccc(CNC(=O)Cn2ccc3cc(-c4ccsc4)ccc32)cc1. The standard InChI is InChI=1S/C22H20N2O2S/c1-26-20-5-2-16(3-6-20)13-23-22(25)14-24-10-8-18-12-17(4-7-21(18)24)19-9-11-27-15-19/h2-12,15H,13-14H2,1H3,(H,23,25). The average molecular weight is 376 g/mol. The Bertz CT molecular complexity index is 1050. The van der Waals surface area contributed by atoms with Gasteiger partial charge in [0.1, 0.15) is 12.3 Å². The molecule has 0 saturated carbocycles. The van der Waals surface area contributed by atoms with Crippen molar-refractivity contribution in [3.63, 3.8) is 0 Å². The number of aromatic nitrogens is 1. The summed E-state index contributed by atoms with van der Waals surface area (Å²) in [4.78, 5) is 12.3. The minimum Gasteiger partial charge on any atom is -0.497 e. The van der Waals surface area contributed by atoms with E-state index in [1.54, 1.807) is 18.4 Å². The molecule has 2 aromatic heterocycles. The highest BCUT2D eigenvalue weighted by molar-refractivity contribution is 7.08. The van der Waals surface area contributed by atoms with Crippen LogP contribution in [0.15, 0.2) is 71.6 Å². The van der Waals surface area contributed by atoms with E-state index in [0.29, 0.717) is 13.1 Å². The molecule has 0 bridgehead atoms. The molecule has 0 aliphatic rings. The van der Waals surface area contributed by atoms with Crippen molar-refractivity contribution in [1.82, 2.24) is 9.88 Å². The second kappa shape index (κ2) is 7.68. The van der Waals surface area contributed by atoms with Crippen molar-refractivity contribution in [3.8, 4) is 16.9 Å². The maximum atomic E-state index is 12.3. The lowest BCUT2D eigenvalue weighted by Gasteiger charge is -2.08. The minimum absolute atomic E-state index is 0.00905. The molecule has 2 heterocycles. The molecular weight excluding hydrogens is 356 g/mol. The van der Waals surface area contributed by atoms with Crippen LogP contribution in [0.25, 0.3) is 22.0 Å². The molecule has 0 aliphatic heterocycles. The van der Waals surface area contributed by atoms with Crippen molar-refractivity contribution in [2.24, 2.45) is 0 Å². The van der Waals surface area contributed by atoms with Crippen LogP contribution in [0.1, 0.15) is 5.56 Å². The third-order valence-electron chi connectivity index (χ3n) is 4.59. The molecule has 0 unspecified atom stereocenters. The molecule has 0 saturated heterocycles. The summed E-state index contributed by atoms with van der Waals surface area (Å²) in [5.41, 5.74) is 4.54. The molecule has 27 heavy (non-hydrogen) atoms. The molecule has 0 atom stereocenters. The highest BCUT2D eigenvalue weighted by atomic mass is 32.1. The van der Waals surface area contributed by atoms with Crippen molar-refractivity contribution < 1.29 is 9.53 Å². The topological polar surface area (TPSA) is 43.3 Å². The summed E-state index contributed by atoms with van der Waals surface area (Å²) in [6, 6.07) is 18.2. The summed E-state index contributed by atoms with van der Waals surface area (Å²) in [5, 5.41) is 8.34. The summed E-state index contributed by atoms with van der Waals surface area (Å²) in [5.74, 6) is 0.802. The van der Waals surface area contributed by atoms with Gasteiger partial charge in [0.15, 0.2) is 0 Å². The van der Waals surface area contributed by atoms with Crippen molar-refractivity contribution >= 4 is 28.1 Å². The summed E-state index contributed by atoms with van der Waals surface area (Å²) in [6.07, 6.45) is 1.97. The van der Waals surface area contributed by atoms with Gasteiger partial charge in [-0.1, -0.05) is 18.2 Å². The van der Waals surface area contributed by atoms with E-state index in [1.165, 1.54) is 11.1 Å². The number of nitrogens with zero attached hydrogens (tertiary/aromatic N) is 1. The monoisotopic (exact) mass is 376 g/mol. The Hall–Kier alpha value is -3.05. The third-order valence-corrected chi connectivity index (χ3v) is 5.27. The maximum Gasteiger partial charge on any atom is 0.240 e. The van der Waals surface area contributed by atoms with Gasteiger partial charge < -0.3 is 14.6 Å². The van der Waals surface area contributed by atoms with Crippen molar-refractivity contribution in [1.29, 1.82) is 0 Å². The highest BCUT2D eigenvalue weighted by Gasteiger charge is 2.08. The van der Waals surface area contributed by atoms with Gasteiger partial charge in [-0.3, -0.25) is 4.79 Å². The fraction of sp³-hybridized carbons (Fsp3) is 0.136. The van der Waals surface area contributed by atoms with Crippen LogP contribution in [0.5, 0.6) is 5.75 Å². The van der Waals surface area contributed by atoms with Crippen LogP contribution in [0.2, 0.25) is 0 Å². The van der Waals surface area contributed by atoms with Gasteiger partial charge in [-0.2, -0.15) is 11.3 Å². The number of nitrogens with one attached hydrogen (secondary N) is 1. The molecule has 136 valence electrons. The Morgan fingerprint density at radius 1 is 1.07 bits per heavy atom. The van der Waals surface area contributed by atoms with E-state index in [4.69, 9.17) is 4.74 Å². The molecule has 4 nitrogen and oxygen atoms in total. The van der Waals surface area contributed by atoms with Gasteiger partial charge in [-0.25, -0.2) is 0 Å². The van der Waals surface area contributed by atoms with Gasteiger partial charge in [0, 0.05) is 23.6 Å². The molecule has 4 aromatic rings. The highest BCUT2D eigenvalue weighted by Crippen LogP contribution is 2.26. The first-order valence-electron chi connectivity index (χ1n) is 8.74. The van der Waals surface area contributed by atoms with E-state index >= 15 is 0 Å². The average Bonchev–Trinajstić information content (AvgIpc) is 3.37. The quantitative estimate of drug-likeness (QED) is 0.530. The summed E-state index contributed by atoms with van der Waals surface area (Å²) >= 11 is 1.69. The number of hydrogen-bond acceptors (Lipinski definition) is 3. The van der Waals surface area contributed by atoms with E-state index in [0.717, 1.165) is 22.2 Å². The molecule has 1 N–H and O–H groups in total. The Kier molecular flexibility index (Phi) is 4.94. The number of methoxy groups -OCH3 is 1. The van der Waals surface area contributed by atoms with E-state index in [-0.39, 0.29) is 5.91 Å². The Morgan fingerprint density at radius 3 is 2.67 bits per heavy atom. The number of amides is 1. The second-order valence-electron chi connectivity index (χ2n) is 6.35. The van der Waals surface area contributed by atoms with Crippen molar-refractivity contribution in [2.45, 2.75) is 13.1 Å². The van der Waals surface area contributed by atoms with Gasteiger partial charge in [-0.15, -0.1) is 0 Å². The molecule has 4 rings (SSSR count). The number of carbonyl (C=O) groups is 1. The fourth-order valence-corrected chi connectivity index (χ4v) is 3.77. The van der Waals surface area contributed by atoms with Gasteiger partial charge in [-0.05, 0) is 63.8 Å². The second-order valence-corrected chi connectivity index (χ2v) is 7.13. The van der Waals surface area contributed by atoms with Gasteiger partial charge in [0.05, 0.1) is 7.11 Å². The molecule has 5 heteroatoms. The summed E-state index contributed by atoms with van der Waals surface area (Å²) < 4.78 is 7.13. The van der Waals surface area contributed by atoms with Crippen LogP contribution in [0, 0.1) is 0 Å². The predicted octanol–water partition coefficient (Wildman–Crippen LogP) is 4.69. The van der Waals surface area contributed by atoms with Crippen molar-refractivity contribution in [3.05, 3.63) is 77.1 Å². The molecule has 1 amide bonds. The normalized spacial score (nSPS) is 10.9. The van der Waals surface area contributed by atoms with Crippen LogP contribution in [0.4, 0.5) is 0 Å². The molecular formula is C22H20N2O2S. The van der Waals surface area contributed by atoms with Crippen LogP contribution < -0.4 is 10.1 Å². The minimum atomic E-state index is -0.00905. The lowest BCUT2D eigenvalue weighted by Crippen LogP contribution is -2.26. The number of thiophene rings is 1. The van der Waals surface area contributed by atoms with Gasteiger partial charge in [0.2, 0.25) is 5.91 Å². The number of fused-ring (bicyclic) bond motifs is 1. The maximum absolute atomic E-state index is 12.3. The number of ether oxygens (including phenoxy) is 1. The zero-order chi connectivity index (χ0) is 18.6. The van der Waals surface area contributed by atoms with Crippen molar-refractivity contribution in [2.75, 3.05) is 7.11 Å². The molecule has 2 aromatic carbocycles. The first-order chi connectivity index (χ1) is 13.2. The number of hydrogen-bond donors (Lipinski definition) is 1. The molecule has 0 fully saturated rings. The smallest absolute Gasteiger partial charge is 0.240 e. The lowest BCUT2D eigenvalue weighted by atomic mass is 10.1. The first kappa shape index (κ1) is 17.4. The Morgan fingerprint density at radius 2 is 1.93 bits per heavy atom.